The number of thiophene rings is 1. The molecule has 3 aromatic carbocycles. The maximum Gasteiger partial charge on any atom is 0.260 e. The van der Waals surface area contributed by atoms with Crippen molar-refractivity contribution in [3.05, 3.63) is 66.7 Å². The van der Waals surface area contributed by atoms with E-state index in [0.29, 0.717) is 22.9 Å². The summed E-state index contributed by atoms with van der Waals surface area (Å²) in [7, 11) is 0. The number of ether oxygens (including phenoxy) is 1. The summed E-state index contributed by atoms with van der Waals surface area (Å²) in [6, 6.07) is 22.2. The van der Waals surface area contributed by atoms with Gasteiger partial charge in [0, 0.05) is 44.4 Å². The molecule has 1 spiro atoms. The third kappa shape index (κ3) is 3.93. The zero-order valence-electron chi connectivity index (χ0n) is 19.8. The fraction of sp³-hybridized carbons (Fsp3) is 0.276. The molecule has 0 atom stereocenters. The highest BCUT2D eigenvalue weighted by Crippen LogP contribution is 2.53. The smallest absolute Gasteiger partial charge is 0.260 e. The van der Waals surface area contributed by atoms with Gasteiger partial charge in [-0.25, -0.2) is 0 Å². The molecule has 1 saturated carbocycles. The number of carbonyl (C=O) groups excluding carboxylic acids is 1. The lowest BCUT2D eigenvalue weighted by atomic mass is 9.94. The molecule has 0 unspecified atom stereocenters. The maximum atomic E-state index is 12.5. The van der Waals surface area contributed by atoms with Gasteiger partial charge in [0.25, 0.3) is 11.8 Å². The predicted octanol–water partition coefficient (Wildman–Crippen LogP) is 6.55. The zero-order chi connectivity index (χ0) is 24.1. The van der Waals surface area contributed by atoms with E-state index in [2.05, 4.69) is 46.5 Å². The zero-order valence-corrected chi connectivity index (χ0v) is 20.6. The van der Waals surface area contributed by atoms with E-state index in [9.17, 15) is 4.79 Å². The van der Waals surface area contributed by atoms with E-state index >= 15 is 0 Å². The molecule has 7 rings (SSSR count). The van der Waals surface area contributed by atoms with Gasteiger partial charge in [-0.3, -0.25) is 4.79 Å². The molecule has 1 amide bonds. The molecule has 180 valence electrons. The molecule has 2 fully saturated rings. The SMILES string of the molecule is O=C(COc1ccc(-c2nc(-c3ccc4c(c3)sc3ccccc34)no2)cc1)N1CCC2(CC1)CC2. The third-order valence-electron chi connectivity index (χ3n) is 7.66. The molecule has 0 bridgehead atoms. The second-order valence-electron chi connectivity index (χ2n) is 9.93. The topological polar surface area (TPSA) is 68.5 Å². The summed E-state index contributed by atoms with van der Waals surface area (Å²) in [5.74, 6) is 1.72. The van der Waals surface area contributed by atoms with Crippen LogP contribution in [0.2, 0.25) is 0 Å². The molecular formula is C29H25N3O3S. The monoisotopic (exact) mass is 495 g/mol. The number of rotatable bonds is 5. The molecule has 1 aliphatic carbocycles. The Morgan fingerprint density at radius 3 is 2.47 bits per heavy atom. The molecule has 6 nitrogen and oxygen atoms in total. The van der Waals surface area contributed by atoms with Crippen LogP contribution >= 0.6 is 11.3 Å². The van der Waals surface area contributed by atoms with E-state index in [4.69, 9.17) is 9.26 Å². The number of piperidine rings is 1. The van der Waals surface area contributed by atoms with Crippen LogP contribution in [0, 0.1) is 5.41 Å². The maximum absolute atomic E-state index is 12.5. The van der Waals surface area contributed by atoms with Gasteiger partial charge >= 0.3 is 0 Å². The summed E-state index contributed by atoms with van der Waals surface area (Å²) in [5.41, 5.74) is 2.29. The Morgan fingerprint density at radius 2 is 1.67 bits per heavy atom. The first kappa shape index (κ1) is 21.6. The van der Waals surface area contributed by atoms with Crippen molar-refractivity contribution in [2.75, 3.05) is 19.7 Å². The van der Waals surface area contributed by atoms with Gasteiger partial charge in [0.2, 0.25) is 5.82 Å². The van der Waals surface area contributed by atoms with Gasteiger partial charge in [-0.1, -0.05) is 35.5 Å². The van der Waals surface area contributed by atoms with Crippen LogP contribution in [0.1, 0.15) is 25.7 Å². The second-order valence-corrected chi connectivity index (χ2v) is 11.0. The van der Waals surface area contributed by atoms with Gasteiger partial charge in [-0.15, -0.1) is 11.3 Å². The average Bonchev–Trinajstić information content (AvgIpc) is 3.33. The Labute approximate surface area is 212 Å². The molecule has 0 radical (unpaired) electrons. The molecule has 36 heavy (non-hydrogen) atoms. The minimum Gasteiger partial charge on any atom is -0.484 e. The van der Waals surface area contributed by atoms with Crippen molar-refractivity contribution >= 4 is 37.4 Å². The normalized spacial score (nSPS) is 16.6. The molecule has 2 aliphatic rings. The van der Waals surface area contributed by atoms with Gasteiger partial charge < -0.3 is 14.2 Å². The molecule has 5 aromatic rings. The fourth-order valence-corrected chi connectivity index (χ4v) is 6.31. The summed E-state index contributed by atoms with van der Waals surface area (Å²) in [5, 5.41) is 6.72. The Balaban J connectivity index is 1.02. The predicted molar refractivity (Wildman–Crippen MR) is 141 cm³/mol. The number of hydrogen-bond donors (Lipinski definition) is 0. The van der Waals surface area contributed by atoms with Crippen molar-refractivity contribution in [1.29, 1.82) is 0 Å². The molecule has 3 heterocycles. The van der Waals surface area contributed by atoms with Crippen LogP contribution in [0.25, 0.3) is 43.0 Å². The highest BCUT2D eigenvalue weighted by atomic mass is 32.1. The van der Waals surface area contributed by atoms with Crippen LogP contribution in [0.4, 0.5) is 0 Å². The lowest BCUT2D eigenvalue weighted by Crippen LogP contribution is -2.41. The minimum absolute atomic E-state index is 0.0618. The van der Waals surface area contributed by atoms with Crippen molar-refractivity contribution in [3.8, 4) is 28.6 Å². The Hall–Kier alpha value is -3.71. The van der Waals surface area contributed by atoms with Crippen LogP contribution in [-0.2, 0) is 4.79 Å². The average molecular weight is 496 g/mol. The van der Waals surface area contributed by atoms with Gasteiger partial charge in [0.05, 0.1) is 0 Å². The van der Waals surface area contributed by atoms with Crippen LogP contribution in [-0.4, -0.2) is 40.6 Å². The molecule has 1 aliphatic heterocycles. The highest BCUT2D eigenvalue weighted by molar-refractivity contribution is 7.25. The van der Waals surface area contributed by atoms with Gasteiger partial charge in [-0.05, 0) is 67.5 Å². The largest absolute Gasteiger partial charge is 0.484 e. The number of nitrogens with zero attached hydrogens (tertiary/aromatic N) is 3. The van der Waals surface area contributed by atoms with E-state index in [1.807, 2.05) is 35.2 Å². The molecule has 1 saturated heterocycles. The van der Waals surface area contributed by atoms with Gasteiger partial charge in [0.15, 0.2) is 6.61 Å². The second kappa shape index (κ2) is 8.45. The Morgan fingerprint density at radius 1 is 0.917 bits per heavy atom. The first-order chi connectivity index (χ1) is 17.7. The summed E-state index contributed by atoms with van der Waals surface area (Å²) in [6.45, 7) is 1.78. The quantitative estimate of drug-likeness (QED) is 0.276. The summed E-state index contributed by atoms with van der Waals surface area (Å²) >= 11 is 1.77. The van der Waals surface area contributed by atoms with Crippen molar-refractivity contribution < 1.29 is 14.1 Å². The number of hydrogen-bond acceptors (Lipinski definition) is 6. The van der Waals surface area contributed by atoms with E-state index < -0.39 is 0 Å². The minimum atomic E-state index is 0.0618. The number of likely N-dealkylation sites (tertiary alicyclic amines) is 1. The Bertz CT molecular complexity index is 1570. The first-order valence-electron chi connectivity index (χ1n) is 12.4. The van der Waals surface area contributed by atoms with Crippen molar-refractivity contribution in [3.63, 3.8) is 0 Å². The van der Waals surface area contributed by atoms with Crippen molar-refractivity contribution in [2.45, 2.75) is 25.7 Å². The fourth-order valence-electron chi connectivity index (χ4n) is 5.16. The van der Waals surface area contributed by atoms with E-state index in [1.165, 1.54) is 33.0 Å². The van der Waals surface area contributed by atoms with Gasteiger partial charge in [0.1, 0.15) is 5.75 Å². The molecule has 7 heteroatoms. The molecule has 0 N–H and O–H groups in total. The van der Waals surface area contributed by atoms with Crippen LogP contribution in [0.15, 0.2) is 71.3 Å². The third-order valence-corrected chi connectivity index (χ3v) is 8.79. The number of fused-ring (bicyclic) bond motifs is 3. The lowest BCUT2D eigenvalue weighted by molar-refractivity contribution is -0.134. The summed E-state index contributed by atoms with van der Waals surface area (Å²) in [4.78, 5) is 19.1. The van der Waals surface area contributed by atoms with Crippen LogP contribution in [0.5, 0.6) is 5.75 Å². The van der Waals surface area contributed by atoms with Crippen LogP contribution in [0.3, 0.4) is 0 Å². The van der Waals surface area contributed by atoms with E-state index in [0.717, 1.165) is 37.1 Å². The standard InChI is InChI=1S/C29H25N3O3S/c33-26(32-15-13-29(11-12-29)14-16-32)18-34-21-8-5-19(6-9-21)28-30-27(31-35-28)20-7-10-23-22-3-1-2-4-24(22)36-25(23)17-20/h1-10,17H,11-16,18H2. The van der Waals surface area contributed by atoms with Crippen molar-refractivity contribution in [2.24, 2.45) is 5.41 Å². The first-order valence-corrected chi connectivity index (χ1v) is 13.2. The number of aromatic nitrogens is 2. The highest BCUT2D eigenvalue weighted by Gasteiger charge is 2.45. The van der Waals surface area contributed by atoms with E-state index in [1.54, 1.807) is 11.3 Å². The molecule has 2 aromatic heterocycles. The van der Waals surface area contributed by atoms with Gasteiger partial charge in [-0.2, -0.15) is 4.98 Å². The molecular weight excluding hydrogens is 470 g/mol. The number of carbonyl (C=O) groups is 1. The summed E-state index contributed by atoms with van der Waals surface area (Å²) < 4.78 is 13.8. The van der Waals surface area contributed by atoms with Crippen molar-refractivity contribution in [1.82, 2.24) is 15.0 Å². The number of amides is 1. The summed E-state index contributed by atoms with van der Waals surface area (Å²) in [6.07, 6.45) is 4.94. The van der Waals surface area contributed by atoms with Crippen LogP contribution < -0.4 is 4.74 Å². The Kier molecular flexibility index (Phi) is 5.06. The number of benzene rings is 3. The lowest BCUT2D eigenvalue weighted by Gasteiger charge is -2.32. The van der Waals surface area contributed by atoms with E-state index in [-0.39, 0.29) is 12.5 Å².